The Morgan fingerprint density at radius 3 is 2.23 bits per heavy atom. The van der Waals surface area contributed by atoms with Gasteiger partial charge in [0, 0.05) is 16.1 Å². The molecule has 5 heteroatoms. The number of benzene rings is 2. The Kier molecular flexibility index (Phi) is 5.31. The van der Waals surface area contributed by atoms with Crippen molar-refractivity contribution in [3.05, 3.63) is 92.7 Å². The Labute approximate surface area is 180 Å². The molecule has 1 N–H and O–H groups in total. The van der Waals surface area contributed by atoms with Crippen LogP contribution in [0.25, 0.3) is 5.76 Å². The van der Waals surface area contributed by atoms with E-state index in [-0.39, 0.29) is 11.3 Å². The fourth-order valence-corrected chi connectivity index (χ4v) is 4.80. The predicted octanol–water partition coefficient (Wildman–Crippen LogP) is 5.55. The second-order valence-corrected chi connectivity index (χ2v) is 8.47. The lowest BCUT2D eigenvalue weighted by molar-refractivity contribution is -0.132. The maximum Gasteiger partial charge on any atom is 0.300 e. The van der Waals surface area contributed by atoms with E-state index >= 15 is 0 Å². The molecule has 1 aliphatic heterocycles. The number of amides is 1. The summed E-state index contributed by atoms with van der Waals surface area (Å²) >= 11 is 1.48. The maximum absolute atomic E-state index is 13.1. The number of carbonyl (C=O) groups excluding carboxylic acids is 2. The van der Waals surface area contributed by atoms with Crippen LogP contribution < -0.4 is 4.90 Å². The highest BCUT2D eigenvalue weighted by atomic mass is 32.1. The number of Topliss-reactive ketones (excluding diaryl/α,β-unsaturated/α-hetero) is 1. The van der Waals surface area contributed by atoms with Gasteiger partial charge in [-0.3, -0.25) is 14.5 Å². The van der Waals surface area contributed by atoms with Crippen molar-refractivity contribution in [1.82, 2.24) is 0 Å². The fraction of sp³-hybridized carbons (Fsp3) is 0.200. The monoisotopic (exact) mass is 417 g/mol. The highest BCUT2D eigenvalue weighted by molar-refractivity contribution is 7.10. The molecule has 0 radical (unpaired) electrons. The molecule has 1 amide bonds. The van der Waals surface area contributed by atoms with E-state index in [9.17, 15) is 14.7 Å². The molecule has 1 aromatic heterocycles. The molecule has 0 bridgehead atoms. The molecule has 0 spiro atoms. The van der Waals surface area contributed by atoms with Crippen LogP contribution in [-0.4, -0.2) is 16.8 Å². The molecule has 1 fully saturated rings. The number of aliphatic hydroxyl groups excluding tert-OH is 1. The Hall–Kier alpha value is -3.18. The van der Waals surface area contributed by atoms with Crippen molar-refractivity contribution in [1.29, 1.82) is 0 Å². The summed E-state index contributed by atoms with van der Waals surface area (Å²) in [7, 11) is 0. The van der Waals surface area contributed by atoms with Gasteiger partial charge in [-0.05, 0) is 55.0 Å². The van der Waals surface area contributed by atoms with Crippen LogP contribution in [0, 0.1) is 13.8 Å². The zero-order valence-electron chi connectivity index (χ0n) is 17.2. The molecule has 2 heterocycles. The van der Waals surface area contributed by atoms with E-state index in [1.165, 1.54) is 16.2 Å². The van der Waals surface area contributed by atoms with Gasteiger partial charge < -0.3 is 5.11 Å². The van der Waals surface area contributed by atoms with Gasteiger partial charge in [-0.2, -0.15) is 0 Å². The SMILES string of the molecule is CCc1ccc(/C(O)=C2/C(=O)C(=O)N(c3ccc(C)cc3)C2c2sccc2C)cc1. The number of hydrogen-bond acceptors (Lipinski definition) is 4. The third-order valence-corrected chi connectivity index (χ3v) is 6.61. The molecule has 0 aliphatic carbocycles. The van der Waals surface area contributed by atoms with E-state index in [1.807, 2.05) is 61.7 Å². The van der Waals surface area contributed by atoms with Crippen LogP contribution >= 0.6 is 11.3 Å². The minimum absolute atomic E-state index is 0.135. The lowest BCUT2D eigenvalue weighted by Gasteiger charge is -2.25. The van der Waals surface area contributed by atoms with Crippen LogP contribution in [0.2, 0.25) is 0 Å². The molecule has 3 aromatic rings. The van der Waals surface area contributed by atoms with Crippen LogP contribution in [0.3, 0.4) is 0 Å². The standard InChI is InChI=1S/C25H23NO3S/c1-4-17-7-9-18(10-8-17)22(27)20-21(24-16(3)13-14-30-24)26(25(29)23(20)28)19-11-5-15(2)6-12-19/h5-14,21,27H,4H2,1-3H3/b22-20-. The topological polar surface area (TPSA) is 57.6 Å². The van der Waals surface area contributed by atoms with Gasteiger partial charge in [0.05, 0.1) is 5.57 Å². The minimum atomic E-state index is -0.662. The first-order chi connectivity index (χ1) is 14.4. The smallest absolute Gasteiger partial charge is 0.300 e. The quantitative estimate of drug-likeness (QED) is 0.344. The van der Waals surface area contributed by atoms with Crippen LogP contribution in [0.1, 0.15) is 40.1 Å². The van der Waals surface area contributed by atoms with Gasteiger partial charge in [0.15, 0.2) is 0 Å². The molecular weight excluding hydrogens is 394 g/mol. The summed E-state index contributed by atoms with van der Waals surface area (Å²) < 4.78 is 0. The van der Waals surface area contributed by atoms with Crippen molar-refractivity contribution in [3.63, 3.8) is 0 Å². The third kappa shape index (κ3) is 3.35. The lowest BCUT2D eigenvalue weighted by atomic mass is 9.97. The molecular formula is C25H23NO3S. The summed E-state index contributed by atoms with van der Waals surface area (Å²) in [6, 6.07) is 16.3. The number of nitrogens with zero attached hydrogens (tertiary/aromatic N) is 1. The number of rotatable bonds is 4. The van der Waals surface area contributed by atoms with Gasteiger partial charge in [-0.15, -0.1) is 11.3 Å². The van der Waals surface area contributed by atoms with Crippen LogP contribution in [0.4, 0.5) is 5.69 Å². The molecule has 2 aromatic carbocycles. The Balaban J connectivity index is 1.91. The van der Waals surface area contributed by atoms with Crippen molar-refractivity contribution in [2.75, 3.05) is 4.90 Å². The van der Waals surface area contributed by atoms with Crippen molar-refractivity contribution >= 4 is 34.5 Å². The van der Waals surface area contributed by atoms with E-state index < -0.39 is 17.7 Å². The Morgan fingerprint density at radius 2 is 1.67 bits per heavy atom. The summed E-state index contributed by atoms with van der Waals surface area (Å²) in [5.41, 5.74) is 4.49. The van der Waals surface area contributed by atoms with Crippen molar-refractivity contribution in [3.8, 4) is 0 Å². The van der Waals surface area contributed by atoms with Gasteiger partial charge >= 0.3 is 0 Å². The summed E-state index contributed by atoms with van der Waals surface area (Å²) in [6.45, 7) is 5.98. The number of aryl methyl sites for hydroxylation is 3. The molecule has 152 valence electrons. The second kappa shape index (κ2) is 7.92. The number of aliphatic hydroxyl groups is 1. The Morgan fingerprint density at radius 1 is 1.00 bits per heavy atom. The Bertz CT molecular complexity index is 1140. The van der Waals surface area contributed by atoms with Crippen molar-refractivity contribution < 1.29 is 14.7 Å². The number of hydrogen-bond donors (Lipinski definition) is 1. The van der Waals surface area contributed by atoms with E-state index in [2.05, 4.69) is 6.92 Å². The van der Waals surface area contributed by atoms with Gasteiger partial charge in [-0.25, -0.2) is 0 Å². The summed E-state index contributed by atoms with van der Waals surface area (Å²) in [6.07, 6.45) is 0.882. The average molecular weight is 418 g/mol. The van der Waals surface area contributed by atoms with Crippen molar-refractivity contribution in [2.45, 2.75) is 33.2 Å². The number of carbonyl (C=O) groups is 2. The first kappa shape index (κ1) is 20.1. The normalized spacial score (nSPS) is 18.2. The minimum Gasteiger partial charge on any atom is -0.507 e. The molecule has 30 heavy (non-hydrogen) atoms. The number of anilines is 1. The number of ketones is 1. The van der Waals surface area contributed by atoms with Gasteiger partial charge in [0.25, 0.3) is 11.7 Å². The highest BCUT2D eigenvalue weighted by Gasteiger charge is 2.47. The van der Waals surface area contributed by atoms with E-state index in [4.69, 9.17) is 0 Å². The molecule has 4 rings (SSSR count). The third-order valence-electron chi connectivity index (χ3n) is 5.54. The fourth-order valence-electron chi connectivity index (χ4n) is 3.77. The first-order valence-electron chi connectivity index (χ1n) is 9.93. The largest absolute Gasteiger partial charge is 0.507 e. The van der Waals surface area contributed by atoms with Crippen LogP contribution in [0.5, 0.6) is 0 Å². The molecule has 1 saturated heterocycles. The maximum atomic E-state index is 13.1. The van der Waals surface area contributed by atoms with Gasteiger partial charge in [0.1, 0.15) is 11.8 Å². The van der Waals surface area contributed by atoms with Crippen LogP contribution in [-0.2, 0) is 16.0 Å². The average Bonchev–Trinajstić information content (AvgIpc) is 3.29. The van der Waals surface area contributed by atoms with Crippen LogP contribution in [0.15, 0.2) is 65.6 Å². The van der Waals surface area contributed by atoms with Crippen molar-refractivity contribution in [2.24, 2.45) is 0 Å². The second-order valence-electron chi connectivity index (χ2n) is 7.52. The van der Waals surface area contributed by atoms with E-state index in [0.29, 0.717) is 11.3 Å². The van der Waals surface area contributed by atoms with Gasteiger partial charge in [0.2, 0.25) is 0 Å². The summed E-state index contributed by atoms with van der Waals surface area (Å²) in [5.74, 6) is -1.42. The summed E-state index contributed by atoms with van der Waals surface area (Å²) in [4.78, 5) is 28.6. The molecule has 1 aliphatic rings. The highest BCUT2D eigenvalue weighted by Crippen LogP contribution is 2.44. The van der Waals surface area contributed by atoms with E-state index in [1.54, 1.807) is 12.1 Å². The zero-order chi connectivity index (χ0) is 21.4. The molecule has 1 atom stereocenters. The van der Waals surface area contributed by atoms with E-state index in [0.717, 1.165) is 28.0 Å². The first-order valence-corrected chi connectivity index (χ1v) is 10.8. The number of thiophene rings is 1. The van der Waals surface area contributed by atoms with Gasteiger partial charge in [-0.1, -0.05) is 48.9 Å². The molecule has 0 saturated carbocycles. The molecule has 4 nitrogen and oxygen atoms in total. The lowest BCUT2D eigenvalue weighted by Crippen LogP contribution is -2.29. The summed E-state index contributed by atoms with van der Waals surface area (Å²) in [5, 5.41) is 13.1. The molecule has 1 unspecified atom stereocenters. The predicted molar refractivity (Wildman–Crippen MR) is 121 cm³/mol. The zero-order valence-corrected chi connectivity index (χ0v) is 18.0.